The molecule has 1 heterocycles. The fourth-order valence-corrected chi connectivity index (χ4v) is 2.41. The number of carbonyl (C=O) groups is 1. The normalized spacial score (nSPS) is 10.4. The van der Waals surface area contributed by atoms with Crippen LogP contribution in [0.25, 0.3) is 0 Å². The van der Waals surface area contributed by atoms with Gasteiger partial charge in [-0.3, -0.25) is 0 Å². The first-order valence-corrected chi connectivity index (χ1v) is 9.04. The molecule has 2 rings (SSSR count). The zero-order chi connectivity index (χ0) is 18.2. The monoisotopic (exact) mass is 365 g/mol. The van der Waals surface area contributed by atoms with Crippen molar-refractivity contribution in [3.8, 4) is 5.75 Å². The lowest BCUT2D eigenvalue weighted by Crippen LogP contribution is -2.13. The number of benzene rings is 1. The molecule has 0 fully saturated rings. The van der Waals surface area contributed by atoms with E-state index < -0.39 is 11.8 Å². The third-order valence-corrected chi connectivity index (χ3v) is 3.76. The van der Waals surface area contributed by atoms with E-state index in [-0.39, 0.29) is 17.9 Å². The predicted octanol–water partition coefficient (Wildman–Crippen LogP) is 3.53. The molecule has 0 radical (unpaired) electrons. The number of rotatable bonds is 8. The van der Waals surface area contributed by atoms with Crippen molar-refractivity contribution in [3.05, 3.63) is 41.3 Å². The average Bonchev–Trinajstić information content (AvgIpc) is 2.62. The number of nitrogens with zero attached hydrogens (tertiary/aromatic N) is 2. The molecule has 0 saturated carbocycles. The van der Waals surface area contributed by atoms with E-state index in [4.69, 9.17) is 9.47 Å². The molecule has 1 N–H and O–H groups in total. The van der Waals surface area contributed by atoms with E-state index in [9.17, 15) is 9.18 Å². The lowest BCUT2D eigenvalue weighted by atomic mass is 10.2. The first-order chi connectivity index (χ1) is 12.1. The van der Waals surface area contributed by atoms with Crippen molar-refractivity contribution in [1.29, 1.82) is 0 Å². The molecule has 0 aliphatic rings. The molecular weight excluding hydrogens is 345 g/mol. The number of halogens is 1. The van der Waals surface area contributed by atoms with Gasteiger partial charge in [-0.2, -0.15) is 0 Å². The molecule has 0 unspecified atom stereocenters. The number of ether oxygens (including phenoxy) is 2. The molecule has 6 nitrogen and oxygen atoms in total. The molecule has 134 valence electrons. The molecule has 8 heteroatoms. The van der Waals surface area contributed by atoms with Crippen LogP contribution in [0.2, 0.25) is 0 Å². The number of nitrogens with one attached hydrogen (secondary N) is 1. The van der Waals surface area contributed by atoms with E-state index in [1.807, 2.05) is 6.26 Å². The zero-order valence-electron chi connectivity index (χ0n) is 14.3. The molecule has 0 amide bonds. The van der Waals surface area contributed by atoms with Crippen molar-refractivity contribution in [2.45, 2.75) is 25.5 Å². The summed E-state index contributed by atoms with van der Waals surface area (Å²) in [5.41, 5.74) is 0.936. The summed E-state index contributed by atoms with van der Waals surface area (Å²) in [6.07, 6.45) is 3.27. The fraction of sp³-hybridized carbons (Fsp3) is 0.353. The molecule has 0 saturated heterocycles. The van der Waals surface area contributed by atoms with Gasteiger partial charge in [-0.05, 0) is 37.8 Å². The summed E-state index contributed by atoms with van der Waals surface area (Å²) in [6, 6.07) is 4.72. The van der Waals surface area contributed by atoms with E-state index in [0.717, 1.165) is 0 Å². The molecule has 0 atom stereocenters. The topological polar surface area (TPSA) is 73.3 Å². The number of esters is 1. The maximum absolute atomic E-state index is 13.9. The summed E-state index contributed by atoms with van der Waals surface area (Å²) in [5, 5.41) is 3.57. The van der Waals surface area contributed by atoms with Crippen molar-refractivity contribution in [1.82, 2.24) is 9.97 Å². The minimum atomic E-state index is -0.504. The van der Waals surface area contributed by atoms with Crippen LogP contribution < -0.4 is 10.1 Å². The minimum Gasteiger partial charge on any atom is -0.491 e. The molecule has 1 aromatic heterocycles. The molecular formula is C17H20FN3O3S. The zero-order valence-corrected chi connectivity index (χ0v) is 15.2. The number of carbonyl (C=O) groups excluding carboxylic acids is 1. The number of aromatic nitrogens is 2. The van der Waals surface area contributed by atoms with Gasteiger partial charge < -0.3 is 14.8 Å². The Morgan fingerprint density at radius 2 is 2.12 bits per heavy atom. The Hall–Kier alpha value is -2.35. The van der Waals surface area contributed by atoms with Crippen LogP contribution >= 0.6 is 11.8 Å². The minimum absolute atomic E-state index is 0.213. The van der Waals surface area contributed by atoms with E-state index >= 15 is 0 Å². The lowest BCUT2D eigenvalue weighted by molar-refractivity contribution is 0.0526. The second kappa shape index (κ2) is 9.22. The average molecular weight is 365 g/mol. The van der Waals surface area contributed by atoms with Crippen molar-refractivity contribution in [3.63, 3.8) is 0 Å². The van der Waals surface area contributed by atoms with E-state index in [1.165, 1.54) is 24.0 Å². The SMILES string of the molecule is CCOC(=O)c1cnc(SC)nc1NCc1ccc(OCC)c(F)c1. The highest BCUT2D eigenvalue weighted by molar-refractivity contribution is 7.98. The number of hydrogen-bond acceptors (Lipinski definition) is 7. The number of hydrogen-bond donors (Lipinski definition) is 1. The van der Waals surface area contributed by atoms with Gasteiger partial charge in [0, 0.05) is 12.7 Å². The second-order valence-corrected chi connectivity index (χ2v) is 5.66. The standard InChI is InChI=1S/C17H20FN3O3S/c1-4-23-14-7-6-11(8-13(14)18)9-19-15-12(16(22)24-5-2)10-20-17(21-15)25-3/h6-8,10H,4-5,9H2,1-3H3,(H,19,20,21). The fourth-order valence-electron chi connectivity index (χ4n) is 2.07. The summed E-state index contributed by atoms with van der Waals surface area (Å²) in [5.74, 6) is -0.368. The number of anilines is 1. The summed E-state index contributed by atoms with van der Waals surface area (Å²) >= 11 is 1.36. The lowest BCUT2D eigenvalue weighted by Gasteiger charge is -2.12. The van der Waals surface area contributed by atoms with Crippen molar-refractivity contribution < 1.29 is 18.7 Å². The van der Waals surface area contributed by atoms with Gasteiger partial charge in [-0.1, -0.05) is 17.8 Å². The van der Waals surface area contributed by atoms with Crippen LogP contribution in [-0.2, 0) is 11.3 Å². The molecule has 2 aromatic rings. The smallest absolute Gasteiger partial charge is 0.343 e. The van der Waals surface area contributed by atoms with Crippen LogP contribution in [-0.4, -0.2) is 35.4 Å². The quantitative estimate of drug-likeness (QED) is 0.436. The van der Waals surface area contributed by atoms with E-state index in [2.05, 4.69) is 15.3 Å². The Morgan fingerprint density at radius 3 is 2.76 bits per heavy atom. The largest absolute Gasteiger partial charge is 0.491 e. The van der Waals surface area contributed by atoms with Crippen LogP contribution in [0.3, 0.4) is 0 Å². The Balaban J connectivity index is 2.18. The van der Waals surface area contributed by atoms with Gasteiger partial charge in [0.25, 0.3) is 0 Å². The summed E-state index contributed by atoms with van der Waals surface area (Å²) < 4.78 is 24.1. The predicted molar refractivity (Wildman–Crippen MR) is 94.7 cm³/mol. The molecule has 0 bridgehead atoms. The van der Waals surface area contributed by atoms with Gasteiger partial charge in [0.05, 0.1) is 13.2 Å². The summed E-state index contributed by atoms with van der Waals surface area (Å²) in [4.78, 5) is 20.4. The van der Waals surface area contributed by atoms with Gasteiger partial charge in [0.2, 0.25) is 0 Å². The van der Waals surface area contributed by atoms with Gasteiger partial charge in [0.15, 0.2) is 16.7 Å². The van der Waals surface area contributed by atoms with Crippen molar-refractivity contribution in [2.24, 2.45) is 0 Å². The maximum Gasteiger partial charge on any atom is 0.343 e. The van der Waals surface area contributed by atoms with Gasteiger partial charge in [-0.15, -0.1) is 0 Å². The molecule has 0 aliphatic heterocycles. The summed E-state index contributed by atoms with van der Waals surface area (Å²) in [6.45, 7) is 4.47. The van der Waals surface area contributed by atoms with Crippen LogP contribution in [0, 0.1) is 5.82 Å². The first kappa shape index (κ1) is 19.0. The highest BCUT2D eigenvalue weighted by atomic mass is 32.2. The molecule has 0 spiro atoms. The third-order valence-electron chi connectivity index (χ3n) is 3.20. The molecule has 25 heavy (non-hydrogen) atoms. The summed E-state index contributed by atoms with van der Waals surface area (Å²) in [7, 11) is 0. The van der Waals surface area contributed by atoms with Crippen molar-refractivity contribution >= 4 is 23.5 Å². The van der Waals surface area contributed by atoms with Crippen LogP contribution in [0.1, 0.15) is 29.8 Å². The van der Waals surface area contributed by atoms with Crippen LogP contribution in [0.15, 0.2) is 29.6 Å². The van der Waals surface area contributed by atoms with Gasteiger partial charge >= 0.3 is 5.97 Å². The third kappa shape index (κ3) is 5.06. The van der Waals surface area contributed by atoms with Crippen molar-refractivity contribution in [2.75, 3.05) is 24.8 Å². The Bertz CT molecular complexity index is 743. The second-order valence-electron chi connectivity index (χ2n) is 4.89. The number of thioether (sulfide) groups is 1. The highest BCUT2D eigenvalue weighted by Gasteiger charge is 2.16. The first-order valence-electron chi connectivity index (χ1n) is 7.82. The highest BCUT2D eigenvalue weighted by Crippen LogP contribution is 2.21. The van der Waals surface area contributed by atoms with Crippen LogP contribution in [0.4, 0.5) is 10.2 Å². The molecule has 0 aliphatic carbocycles. The van der Waals surface area contributed by atoms with Gasteiger partial charge in [0.1, 0.15) is 11.4 Å². The Kier molecular flexibility index (Phi) is 7.00. The van der Waals surface area contributed by atoms with E-state index in [1.54, 1.807) is 26.0 Å². The van der Waals surface area contributed by atoms with Crippen LogP contribution in [0.5, 0.6) is 5.75 Å². The maximum atomic E-state index is 13.9. The Labute approximate surface area is 150 Å². The van der Waals surface area contributed by atoms with Gasteiger partial charge in [-0.25, -0.2) is 19.2 Å². The Morgan fingerprint density at radius 1 is 1.32 bits per heavy atom. The van der Waals surface area contributed by atoms with E-state index in [0.29, 0.717) is 29.7 Å². The molecule has 1 aromatic carbocycles.